The zero-order chi connectivity index (χ0) is 24.2. The molecule has 1 saturated heterocycles. The van der Waals surface area contributed by atoms with Gasteiger partial charge in [-0.25, -0.2) is 15.0 Å². The number of anilines is 2. The molecule has 0 saturated carbocycles. The molecule has 35 heavy (non-hydrogen) atoms. The molecule has 180 valence electrons. The Morgan fingerprint density at radius 1 is 1.00 bits per heavy atom. The molecule has 0 aliphatic carbocycles. The molecule has 0 unspecified atom stereocenters. The molecule has 2 N–H and O–H groups in total. The summed E-state index contributed by atoms with van der Waals surface area (Å²) in [5.41, 5.74) is 5.12. The lowest BCUT2D eigenvalue weighted by Crippen LogP contribution is -2.32. The van der Waals surface area contributed by atoms with Gasteiger partial charge in [0.05, 0.1) is 7.11 Å². The summed E-state index contributed by atoms with van der Waals surface area (Å²) in [6.07, 6.45) is 5.97. The summed E-state index contributed by atoms with van der Waals surface area (Å²) in [6, 6.07) is 12.1. The molecule has 1 fully saturated rings. The molecule has 0 amide bonds. The highest BCUT2D eigenvalue weighted by atomic mass is 16.5. The minimum absolute atomic E-state index is 0.466. The van der Waals surface area contributed by atoms with Crippen LogP contribution in [-0.4, -0.2) is 55.2 Å². The lowest BCUT2D eigenvalue weighted by Gasteiger charge is -2.31. The van der Waals surface area contributed by atoms with Crippen LogP contribution in [0.15, 0.2) is 48.8 Å². The fourth-order valence-electron chi connectivity index (χ4n) is 4.42. The van der Waals surface area contributed by atoms with Gasteiger partial charge in [0.15, 0.2) is 11.6 Å². The van der Waals surface area contributed by atoms with Crippen LogP contribution in [0.3, 0.4) is 0 Å². The maximum Gasteiger partial charge on any atom is 0.212 e. The third-order valence-electron chi connectivity index (χ3n) is 6.28. The van der Waals surface area contributed by atoms with Crippen molar-refractivity contribution in [1.82, 2.24) is 35.0 Å². The molecule has 0 aromatic carbocycles. The predicted molar refractivity (Wildman–Crippen MR) is 135 cm³/mol. The van der Waals surface area contributed by atoms with Gasteiger partial charge in [0, 0.05) is 65.7 Å². The number of piperidine rings is 1. The van der Waals surface area contributed by atoms with Crippen molar-refractivity contribution in [2.45, 2.75) is 39.2 Å². The molecule has 5 rings (SSSR count). The van der Waals surface area contributed by atoms with Gasteiger partial charge in [0.1, 0.15) is 5.82 Å². The van der Waals surface area contributed by atoms with E-state index in [0.29, 0.717) is 23.4 Å². The van der Waals surface area contributed by atoms with E-state index < -0.39 is 0 Å². The maximum atomic E-state index is 5.15. The third-order valence-corrected chi connectivity index (χ3v) is 6.28. The molecule has 1 aliphatic rings. The van der Waals surface area contributed by atoms with Crippen molar-refractivity contribution in [1.29, 1.82) is 0 Å². The highest BCUT2D eigenvalue weighted by Crippen LogP contribution is 2.29. The highest BCUT2D eigenvalue weighted by Gasteiger charge is 2.22. The topological polar surface area (TPSA) is 105 Å². The average molecular weight is 471 g/mol. The van der Waals surface area contributed by atoms with Crippen LogP contribution in [0.4, 0.5) is 11.6 Å². The molecule has 9 heteroatoms. The largest absolute Gasteiger partial charge is 0.481 e. The second-order valence-corrected chi connectivity index (χ2v) is 9.01. The van der Waals surface area contributed by atoms with Gasteiger partial charge in [0.25, 0.3) is 0 Å². The number of aromatic amines is 1. The zero-order valence-corrected chi connectivity index (χ0v) is 20.3. The van der Waals surface area contributed by atoms with Crippen LogP contribution >= 0.6 is 0 Å². The fourth-order valence-corrected chi connectivity index (χ4v) is 4.42. The van der Waals surface area contributed by atoms with Crippen molar-refractivity contribution in [3.63, 3.8) is 0 Å². The van der Waals surface area contributed by atoms with Crippen molar-refractivity contribution < 1.29 is 4.74 Å². The number of hydrogen-bond acceptors (Lipinski definition) is 8. The fraction of sp³-hybridized carbons (Fsp3) is 0.346. The van der Waals surface area contributed by atoms with E-state index in [0.717, 1.165) is 60.9 Å². The van der Waals surface area contributed by atoms with Crippen molar-refractivity contribution in [3.05, 3.63) is 71.4 Å². The first-order valence-corrected chi connectivity index (χ1v) is 11.9. The van der Waals surface area contributed by atoms with E-state index in [1.54, 1.807) is 7.11 Å². The number of aromatic nitrogens is 6. The molecule has 0 bridgehead atoms. The van der Waals surface area contributed by atoms with Gasteiger partial charge in [-0.2, -0.15) is 5.10 Å². The van der Waals surface area contributed by atoms with Crippen LogP contribution in [0.2, 0.25) is 0 Å². The quantitative estimate of drug-likeness (QED) is 0.409. The Kier molecular flexibility index (Phi) is 6.67. The lowest BCUT2D eigenvalue weighted by atomic mass is 9.92. The molecule has 1 aliphatic heterocycles. The number of likely N-dealkylation sites (tertiary alicyclic amines) is 1. The first kappa shape index (κ1) is 22.9. The zero-order valence-electron chi connectivity index (χ0n) is 20.3. The minimum atomic E-state index is 0.466. The molecular formula is C26H30N8O. The second-order valence-electron chi connectivity index (χ2n) is 9.01. The van der Waals surface area contributed by atoms with Gasteiger partial charge in [-0.05, 0) is 57.5 Å². The highest BCUT2D eigenvalue weighted by molar-refractivity contribution is 5.59. The summed E-state index contributed by atoms with van der Waals surface area (Å²) in [4.78, 5) is 20.9. The van der Waals surface area contributed by atoms with Crippen molar-refractivity contribution in [2.75, 3.05) is 25.5 Å². The summed E-state index contributed by atoms with van der Waals surface area (Å²) in [7, 11) is 1.64. The van der Waals surface area contributed by atoms with Crippen LogP contribution in [0.25, 0.3) is 11.4 Å². The van der Waals surface area contributed by atoms with Crippen molar-refractivity contribution >= 4 is 11.6 Å². The SMILES string of the molecule is COc1ccc(CN2CCC(c3ccc(-c4nc(C)cc(Nc5cc(C)[nH]n5)n4)cn3)CC2)cn1. The van der Waals surface area contributed by atoms with E-state index in [2.05, 4.69) is 53.6 Å². The molecule has 4 aromatic rings. The Labute approximate surface area is 205 Å². The molecule has 4 aromatic heterocycles. The molecular weight excluding hydrogens is 440 g/mol. The Morgan fingerprint density at radius 2 is 1.86 bits per heavy atom. The summed E-state index contributed by atoms with van der Waals surface area (Å²) in [6.45, 7) is 6.93. The average Bonchev–Trinajstić information content (AvgIpc) is 3.29. The molecule has 0 radical (unpaired) electrons. The number of methoxy groups -OCH3 is 1. The van der Waals surface area contributed by atoms with Gasteiger partial charge in [-0.1, -0.05) is 6.07 Å². The number of nitrogens with zero attached hydrogens (tertiary/aromatic N) is 6. The standard InChI is InChI=1S/C26H30N8O/c1-17-12-23(30-24-13-18(2)32-33-24)31-26(29-17)21-5-6-22(27-15-21)20-8-10-34(11-9-20)16-19-4-7-25(35-3)28-14-19/h4-7,12-15,20H,8-11,16H2,1-3H3,(H2,29,30,31,32,33). The first-order valence-electron chi connectivity index (χ1n) is 11.9. The van der Waals surface area contributed by atoms with Crippen molar-refractivity contribution in [3.8, 4) is 17.3 Å². The minimum Gasteiger partial charge on any atom is -0.481 e. The van der Waals surface area contributed by atoms with Gasteiger partial charge in [-0.15, -0.1) is 0 Å². The van der Waals surface area contributed by atoms with E-state index in [1.165, 1.54) is 5.56 Å². The van der Waals surface area contributed by atoms with Gasteiger partial charge < -0.3 is 10.1 Å². The van der Waals surface area contributed by atoms with Crippen LogP contribution in [0.1, 0.15) is 41.4 Å². The van der Waals surface area contributed by atoms with E-state index in [1.807, 2.05) is 44.4 Å². The van der Waals surface area contributed by atoms with Crippen LogP contribution in [-0.2, 0) is 6.54 Å². The van der Waals surface area contributed by atoms with Crippen LogP contribution < -0.4 is 10.1 Å². The third kappa shape index (κ3) is 5.63. The lowest BCUT2D eigenvalue weighted by molar-refractivity contribution is 0.203. The molecule has 0 atom stereocenters. The molecule has 0 spiro atoms. The van der Waals surface area contributed by atoms with Gasteiger partial charge in [0.2, 0.25) is 5.88 Å². The number of ether oxygens (including phenoxy) is 1. The van der Waals surface area contributed by atoms with Crippen molar-refractivity contribution in [2.24, 2.45) is 0 Å². The first-order chi connectivity index (χ1) is 17.1. The van der Waals surface area contributed by atoms with Gasteiger partial charge >= 0.3 is 0 Å². The monoisotopic (exact) mass is 470 g/mol. The number of pyridine rings is 2. The summed E-state index contributed by atoms with van der Waals surface area (Å²) in [5.74, 6) is 3.21. The van der Waals surface area contributed by atoms with E-state index in [4.69, 9.17) is 9.72 Å². The van der Waals surface area contributed by atoms with E-state index in [-0.39, 0.29) is 0 Å². The molecule has 5 heterocycles. The van der Waals surface area contributed by atoms with E-state index >= 15 is 0 Å². The Bertz CT molecular complexity index is 1260. The molecule has 9 nitrogen and oxygen atoms in total. The predicted octanol–water partition coefficient (Wildman–Crippen LogP) is 4.41. The number of aryl methyl sites for hydroxylation is 2. The Hall–Kier alpha value is -3.85. The Morgan fingerprint density at radius 3 is 2.51 bits per heavy atom. The summed E-state index contributed by atoms with van der Waals surface area (Å²) >= 11 is 0. The second kappa shape index (κ2) is 10.2. The Balaban J connectivity index is 1.21. The normalized spacial score (nSPS) is 14.7. The van der Waals surface area contributed by atoms with Gasteiger partial charge in [-0.3, -0.25) is 15.0 Å². The number of hydrogen-bond donors (Lipinski definition) is 2. The number of rotatable bonds is 7. The summed E-state index contributed by atoms with van der Waals surface area (Å²) < 4.78 is 5.15. The number of H-pyrrole nitrogens is 1. The summed E-state index contributed by atoms with van der Waals surface area (Å²) in [5, 5.41) is 10.4. The van der Waals surface area contributed by atoms with Crippen LogP contribution in [0, 0.1) is 13.8 Å². The maximum absolute atomic E-state index is 5.15. The van der Waals surface area contributed by atoms with E-state index in [9.17, 15) is 0 Å². The number of nitrogens with one attached hydrogen (secondary N) is 2. The smallest absolute Gasteiger partial charge is 0.212 e. The van der Waals surface area contributed by atoms with Crippen LogP contribution in [0.5, 0.6) is 5.88 Å².